The van der Waals surface area contributed by atoms with Crippen molar-refractivity contribution in [1.82, 2.24) is 10.3 Å². The molecular formula is C19H22N2O5S. The number of amides is 1. The van der Waals surface area contributed by atoms with Crippen LogP contribution in [0.1, 0.15) is 29.3 Å². The van der Waals surface area contributed by atoms with Crippen LogP contribution in [-0.2, 0) is 16.4 Å². The SMILES string of the molecule is CCOc1cc(C(=O)N[C@@H]2CCS(=O)(=O)C2)ccc1OCc1cccnc1. The molecule has 0 aliphatic carbocycles. The molecule has 0 saturated carbocycles. The number of aromatic nitrogens is 1. The van der Waals surface area contributed by atoms with Gasteiger partial charge in [0.25, 0.3) is 5.91 Å². The van der Waals surface area contributed by atoms with Crippen LogP contribution in [0.2, 0.25) is 0 Å². The molecule has 0 spiro atoms. The molecule has 1 aliphatic rings. The zero-order chi connectivity index (χ0) is 19.3. The van der Waals surface area contributed by atoms with Gasteiger partial charge in [0, 0.05) is 29.6 Å². The van der Waals surface area contributed by atoms with Crippen molar-refractivity contribution >= 4 is 15.7 Å². The second-order valence-electron chi connectivity index (χ2n) is 6.32. The molecule has 1 atom stereocenters. The molecular weight excluding hydrogens is 368 g/mol. The highest BCUT2D eigenvalue weighted by molar-refractivity contribution is 7.91. The van der Waals surface area contributed by atoms with Crippen molar-refractivity contribution in [2.24, 2.45) is 0 Å². The Balaban J connectivity index is 1.69. The summed E-state index contributed by atoms with van der Waals surface area (Å²) in [7, 11) is -3.05. The number of hydrogen-bond acceptors (Lipinski definition) is 6. The Morgan fingerprint density at radius 2 is 2.11 bits per heavy atom. The molecule has 7 nitrogen and oxygen atoms in total. The van der Waals surface area contributed by atoms with Gasteiger partial charge < -0.3 is 14.8 Å². The number of carbonyl (C=O) groups excluding carboxylic acids is 1. The first-order valence-corrected chi connectivity index (χ1v) is 10.6. The van der Waals surface area contributed by atoms with Crippen molar-refractivity contribution in [3.8, 4) is 11.5 Å². The van der Waals surface area contributed by atoms with Gasteiger partial charge in [-0.2, -0.15) is 0 Å². The molecule has 1 amide bonds. The minimum atomic E-state index is -3.05. The molecule has 3 rings (SSSR count). The summed E-state index contributed by atoms with van der Waals surface area (Å²) in [6.45, 7) is 2.61. The molecule has 1 aromatic heterocycles. The van der Waals surface area contributed by atoms with E-state index in [1.165, 1.54) is 0 Å². The average Bonchev–Trinajstić information content (AvgIpc) is 3.00. The lowest BCUT2D eigenvalue weighted by atomic mass is 10.1. The first kappa shape index (κ1) is 19.2. The predicted octanol–water partition coefficient (Wildman–Crippen LogP) is 1.98. The normalized spacial score (nSPS) is 18.0. The van der Waals surface area contributed by atoms with Crippen LogP contribution in [0.4, 0.5) is 0 Å². The predicted molar refractivity (Wildman–Crippen MR) is 101 cm³/mol. The minimum Gasteiger partial charge on any atom is -0.490 e. The summed E-state index contributed by atoms with van der Waals surface area (Å²) in [6.07, 6.45) is 3.86. The van der Waals surface area contributed by atoms with Crippen molar-refractivity contribution < 1.29 is 22.7 Å². The number of sulfone groups is 1. The van der Waals surface area contributed by atoms with Crippen LogP contribution in [0.15, 0.2) is 42.7 Å². The average molecular weight is 390 g/mol. The summed E-state index contributed by atoms with van der Waals surface area (Å²) >= 11 is 0. The Labute approximate surface area is 158 Å². The van der Waals surface area contributed by atoms with Gasteiger partial charge in [0.05, 0.1) is 18.1 Å². The van der Waals surface area contributed by atoms with Crippen LogP contribution in [0.5, 0.6) is 11.5 Å². The molecule has 1 aliphatic heterocycles. The van der Waals surface area contributed by atoms with Crippen LogP contribution < -0.4 is 14.8 Å². The lowest BCUT2D eigenvalue weighted by molar-refractivity contribution is 0.0940. The van der Waals surface area contributed by atoms with E-state index in [1.807, 2.05) is 19.1 Å². The van der Waals surface area contributed by atoms with Crippen molar-refractivity contribution in [1.29, 1.82) is 0 Å². The third-order valence-corrected chi connectivity index (χ3v) is 5.96. The Bertz CT molecular complexity index is 900. The fourth-order valence-electron chi connectivity index (χ4n) is 2.86. The smallest absolute Gasteiger partial charge is 0.251 e. The van der Waals surface area contributed by atoms with Crippen LogP contribution in [-0.4, -0.2) is 43.5 Å². The van der Waals surface area contributed by atoms with E-state index in [2.05, 4.69) is 10.3 Å². The molecule has 27 heavy (non-hydrogen) atoms. The Kier molecular flexibility index (Phi) is 5.95. The summed E-state index contributed by atoms with van der Waals surface area (Å²) in [4.78, 5) is 16.5. The largest absolute Gasteiger partial charge is 0.490 e. The van der Waals surface area contributed by atoms with E-state index in [4.69, 9.17) is 9.47 Å². The molecule has 2 aromatic rings. The highest BCUT2D eigenvalue weighted by Gasteiger charge is 2.29. The van der Waals surface area contributed by atoms with Gasteiger partial charge in [-0.25, -0.2) is 8.42 Å². The minimum absolute atomic E-state index is 0.0106. The quantitative estimate of drug-likeness (QED) is 0.777. The van der Waals surface area contributed by atoms with E-state index in [-0.39, 0.29) is 23.5 Å². The molecule has 1 fully saturated rings. The number of ether oxygens (including phenoxy) is 2. The zero-order valence-corrected chi connectivity index (χ0v) is 15.9. The number of nitrogens with zero attached hydrogens (tertiary/aromatic N) is 1. The highest BCUT2D eigenvalue weighted by atomic mass is 32.2. The number of rotatable bonds is 7. The molecule has 8 heteroatoms. The lowest BCUT2D eigenvalue weighted by Gasteiger charge is -2.15. The van der Waals surface area contributed by atoms with Gasteiger partial charge in [-0.05, 0) is 37.6 Å². The lowest BCUT2D eigenvalue weighted by Crippen LogP contribution is -2.35. The Morgan fingerprint density at radius 3 is 2.78 bits per heavy atom. The van der Waals surface area contributed by atoms with Gasteiger partial charge in [0.15, 0.2) is 21.3 Å². The molecule has 1 saturated heterocycles. The van der Waals surface area contributed by atoms with Gasteiger partial charge in [-0.3, -0.25) is 9.78 Å². The third-order valence-electron chi connectivity index (χ3n) is 4.19. The van der Waals surface area contributed by atoms with Crippen LogP contribution in [0, 0.1) is 0 Å². The van der Waals surface area contributed by atoms with Crippen molar-refractivity contribution in [3.05, 3.63) is 53.9 Å². The van der Waals surface area contributed by atoms with Crippen LogP contribution in [0.25, 0.3) is 0 Å². The van der Waals surface area contributed by atoms with E-state index in [0.717, 1.165) is 5.56 Å². The summed E-state index contributed by atoms with van der Waals surface area (Å²) in [5.74, 6) is 0.776. The van der Waals surface area contributed by atoms with E-state index in [9.17, 15) is 13.2 Å². The standard InChI is InChI=1S/C19H22N2O5S/c1-2-25-18-10-15(19(22)21-16-7-9-27(23,24)13-16)5-6-17(18)26-12-14-4-3-8-20-11-14/h3-6,8,10-11,16H,2,7,9,12-13H2,1H3,(H,21,22)/t16-/m1/s1. The zero-order valence-electron chi connectivity index (χ0n) is 15.1. The maximum absolute atomic E-state index is 12.4. The van der Waals surface area contributed by atoms with Gasteiger partial charge in [0.1, 0.15) is 6.61 Å². The molecule has 1 aromatic carbocycles. The topological polar surface area (TPSA) is 94.6 Å². The van der Waals surface area contributed by atoms with Crippen molar-refractivity contribution in [2.75, 3.05) is 18.1 Å². The summed E-state index contributed by atoms with van der Waals surface area (Å²) in [6, 6.07) is 8.33. The number of nitrogens with one attached hydrogen (secondary N) is 1. The molecule has 0 bridgehead atoms. The summed E-state index contributed by atoms with van der Waals surface area (Å²) in [5.41, 5.74) is 1.32. The number of hydrogen-bond donors (Lipinski definition) is 1. The molecule has 144 valence electrons. The fourth-order valence-corrected chi connectivity index (χ4v) is 4.53. The van der Waals surface area contributed by atoms with Crippen molar-refractivity contribution in [3.63, 3.8) is 0 Å². The van der Waals surface area contributed by atoms with Gasteiger partial charge >= 0.3 is 0 Å². The van der Waals surface area contributed by atoms with Gasteiger partial charge in [0.2, 0.25) is 0 Å². The molecule has 2 heterocycles. The summed E-state index contributed by atoms with van der Waals surface area (Å²) in [5, 5.41) is 2.77. The fraction of sp³-hybridized carbons (Fsp3) is 0.368. The van der Waals surface area contributed by atoms with E-state index < -0.39 is 9.84 Å². The first-order valence-electron chi connectivity index (χ1n) is 8.76. The molecule has 0 unspecified atom stereocenters. The number of carbonyl (C=O) groups is 1. The van der Waals surface area contributed by atoms with E-state index >= 15 is 0 Å². The monoisotopic (exact) mass is 390 g/mol. The van der Waals surface area contributed by atoms with Gasteiger partial charge in [-0.1, -0.05) is 6.07 Å². The van der Waals surface area contributed by atoms with E-state index in [0.29, 0.717) is 36.7 Å². The Hall–Kier alpha value is -2.61. The van der Waals surface area contributed by atoms with Crippen LogP contribution in [0.3, 0.4) is 0 Å². The first-order chi connectivity index (χ1) is 13.0. The number of benzene rings is 1. The molecule has 1 N–H and O–H groups in total. The Morgan fingerprint density at radius 1 is 1.26 bits per heavy atom. The second-order valence-corrected chi connectivity index (χ2v) is 8.55. The van der Waals surface area contributed by atoms with Crippen LogP contribution >= 0.6 is 0 Å². The maximum Gasteiger partial charge on any atom is 0.251 e. The maximum atomic E-state index is 12.4. The molecule has 0 radical (unpaired) electrons. The summed E-state index contributed by atoms with van der Waals surface area (Å²) < 4.78 is 34.5. The number of pyridine rings is 1. The second kappa shape index (κ2) is 8.39. The van der Waals surface area contributed by atoms with E-state index in [1.54, 1.807) is 30.6 Å². The highest BCUT2D eigenvalue weighted by Crippen LogP contribution is 2.29. The van der Waals surface area contributed by atoms with Gasteiger partial charge in [-0.15, -0.1) is 0 Å². The van der Waals surface area contributed by atoms with Crippen molar-refractivity contribution in [2.45, 2.75) is 26.0 Å². The third kappa shape index (κ3) is 5.19.